The minimum atomic E-state index is 0.174. The van der Waals surface area contributed by atoms with Gasteiger partial charge in [0.05, 0.1) is 13.2 Å². The highest BCUT2D eigenvalue weighted by Gasteiger charge is 1.97. The Labute approximate surface area is 92.5 Å². The van der Waals surface area contributed by atoms with Gasteiger partial charge in [0, 0.05) is 39.3 Å². The molecule has 15 heavy (non-hydrogen) atoms. The average Bonchev–Trinajstić information content (AvgIpc) is 2.32. The highest BCUT2D eigenvalue weighted by Crippen LogP contribution is 1.83. The molecule has 0 atom stereocenters. The van der Waals surface area contributed by atoms with Gasteiger partial charge in [0.2, 0.25) is 0 Å². The summed E-state index contributed by atoms with van der Waals surface area (Å²) in [6.07, 6.45) is 0. The van der Waals surface area contributed by atoms with Gasteiger partial charge in [-0.25, -0.2) is 0 Å². The Morgan fingerprint density at radius 2 is 1.33 bits per heavy atom. The highest BCUT2D eigenvalue weighted by atomic mass is 16.3. The summed E-state index contributed by atoms with van der Waals surface area (Å²) in [7, 11) is 0. The lowest BCUT2D eigenvalue weighted by Crippen LogP contribution is -2.39. The van der Waals surface area contributed by atoms with Gasteiger partial charge in [-0.1, -0.05) is 6.92 Å². The summed E-state index contributed by atoms with van der Waals surface area (Å²) >= 11 is 0. The molecule has 0 radical (unpaired) electrons. The molecule has 5 nitrogen and oxygen atoms in total. The van der Waals surface area contributed by atoms with Crippen LogP contribution in [-0.2, 0) is 0 Å². The summed E-state index contributed by atoms with van der Waals surface area (Å²) in [5.74, 6) is 0. The smallest absolute Gasteiger partial charge is 0.0558 e. The van der Waals surface area contributed by atoms with Crippen molar-refractivity contribution in [1.82, 2.24) is 15.5 Å². The summed E-state index contributed by atoms with van der Waals surface area (Å²) in [6, 6.07) is 0. The molecule has 0 aromatic rings. The van der Waals surface area contributed by atoms with Crippen molar-refractivity contribution in [3.63, 3.8) is 0 Å². The molecular weight excluding hydrogens is 194 g/mol. The van der Waals surface area contributed by atoms with Gasteiger partial charge in [0.15, 0.2) is 0 Å². The third kappa shape index (κ3) is 10.1. The van der Waals surface area contributed by atoms with E-state index in [0.29, 0.717) is 13.1 Å². The Hall–Kier alpha value is -0.200. The molecule has 1 saturated heterocycles. The fourth-order valence-corrected chi connectivity index (χ4v) is 1.31. The second-order valence-electron chi connectivity index (χ2n) is 3.38. The first-order valence-corrected chi connectivity index (χ1v) is 5.70. The zero-order valence-electron chi connectivity index (χ0n) is 9.71. The molecule has 5 heteroatoms. The lowest BCUT2D eigenvalue weighted by atomic mass is 10.4. The molecule has 1 aliphatic heterocycles. The van der Waals surface area contributed by atoms with Crippen molar-refractivity contribution in [3.8, 4) is 0 Å². The van der Waals surface area contributed by atoms with Crippen LogP contribution < -0.4 is 10.6 Å². The predicted octanol–water partition coefficient (Wildman–Crippen LogP) is -1.53. The monoisotopic (exact) mass is 219 g/mol. The molecule has 0 amide bonds. The highest BCUT2D eigenvalue weighted by molar-refractivity contribution is 4.59. The van der Waals surface area contributed by atoms with Gasteiger partial charge >= 0.3 is 0 Å². The minimum Gasteiger partial charge on any atom is -0.395 e. The predicted molar refractivity (Wildman–Crippen MR) is 62.0 cm³/mol. The third-order valence-corrected chi connectivity index (χ3v) is 2.24. The van der Waals surface area contributed by atoms with Gasteiger partial charge in [-0.15, -0.1) is 0 Å². The van der Waals surface area contributed by atoms with Crippen molar-refractivity contribution < 1.29 is 10.2 Å². The van der Waals surface area contributed by atoms with Crippen LogP contribution in [0, 0.1) is 0 Å². The number of aliphatic hydroxyl groups is 2. The Balaban J connectivity index is 0.000000280. The van der Waals surface area contributed by atoms with E-state index in [1.54, 1.807) is 0 Å². The molecule has 92 valence electrons. The molecule has 0 saturated carbocycles. The lowest BCUT2D eigenvalue weighted by Gasteiger charge is -2.16. The first kappa shape index (κ1) is 14.8. The zero-order chi connectivity index (χ0) is 11.4. The Kier molecular flexibility index (Phi) is 11.7. The van der Waals surface area contributed by atoms with Crippen LogP contribution in [0.25, 0.3) is 0 Å². The van der Waals surface area contributed by atoms with Crippen LogP contribution in [0.3, 0.4) is 0 Å². The van der Waals surface area contributed by atoms with E-state index in [9.17, 15) is 0 Å². The molecule has 1 rings (SSSR count). The largest absolute Gasteiger partial charge is 0.395 e. The van der Waals surface area contributed by atoms with Crippen molar-refractivity contribution in [3.05, 3.63) is 0 Å². The molecule has 4 N–H and O–H groups in total. The molecule has 0 spiro atoms. The number of piperazine rings is 1. The van der Waals surface area contributed by atoms with Crippen molar-refractivity contribution in [2.75, 3.05) is 59.0 Å². The van der Waals surface area contributed by atoms with Crippen LogP contribution in [0.5, 0.6) is 0 Å². The molecule has 0 aliphatic carbocycles. The number of hydrogen-bond donors (Lipinski definition) is 4. The summed E-state index contributed by atoms with van der Waals surface area (Å²) in [4.78, 5) is 1.99. The van der Waals surface area contributed by atoms with E-state index in [0.717, 1.165) is 32.7 Å². The first-order valence-electron chi connectivity index (χ1n) is 5.70. The van der Waals surface area contributed by atoms with Crippen molar-refractivity contribution >= 4 is 0 Å². The molecule has 1 fully saturated rings. The van der Waals surface area contributed by atoms with Crippen LogP contribution in [0.1, 0.15) is 6.92 Å². The number of aliphatic hydroxyl groups excluding tert-OH is 2. The number of nitrogens with one attached hydrogen (secondary N) is 2. The molecule has 0 bridgehead atoms. The fraction of sp³-hybridized carbons (Fsp3) is 1.00. The van der Waals surface area contributed by atoms with E-state index in [1.165, 1.54) is 0 Å². The Bertz CT molecular complexity index is 104. The van der Waals surface area contributed by atoms with Crippen LogP contribution in [0.15, 0.2) is 0 Å². The van der Waals surface area contributed by atoms with E-state index in [4.69, 9.17) is 10.2 Å². The fourth-order valence-electron chi connectivity index (χ4n) is 1.31. The van der Waals surface area contributed by atoms with E-state index < -0.39 is 0 Å². The van der Waals surface area contributed by atoms with E-state index in [-0.39, 0.29) is 13.2 Å². The Morgan fingerprint density at radius 3 is 1.53 bits per heavy atom. The standard InChI is InChI=1S/C6H15NO2.C4H10N2/c1-2-7(3-5-8)4-6-9;1-2-6-4-3-5-1/h8-9H,2-6H2,1H3;5-6H,1-4H2. The molecule has 0 aromatic carbocycles. The second-order valence-corrected chi connectivity index (χ2v) is 3.38. The molecule has 0 unspecified atom stereocenters. The summed E-state index contributed by atoms with van der Waals surface area (Å²) in [5, 5.41) is 23.4. The van der Waals surface area contributed by atoms with Crippen molar-refractivity contribution in [1.29, 1.82) is 0 Å². The van der Waals surface area contributed by atoms with E-state index in [1.807, 2.05) is 11.8 Å². The quantitative estimate of drug-likeness (QED) is 0.452. The maximum atomic E-state index is 8.47. The normalized spacial score (nSPS) is 16.0. The van der Waals surface area contributed by atoms with Gasteiger partial charge in [-0.05, 0) is 6.54 Å². The number of rotatable bonds is 5. The number of nitrogens with zero attached hydrogens (tertiary/aromatic N) is 1. The van der Waals surface area contributed by atoms with E-state index in [2.05, 4.69) is 10.6 Å². The van der Waals surface area contributed by atoms with Crippen LogP contribution in [-0.4, -0.2) is 74.1 Å². The maximum absolute atomic E-state index is 8.47. The van der Waals surface area contributed by atoms with E-state index >= 15 is 0 Å². The zero-order valence-corrected chi connectivity index (χ0v) is 9.71. The van der Waals surface area contributed by atoms with Crippen LogP contribution >= 0.6 is 0 Å². The van der Waals surface area contributed by atoms with Crippen LogP contribution in [0.2, 0.25) is 0 Å². The maximum Gasteiger partial charge on any atom is 0.0558 e. The second kappa shape index (κ2) is 11.9. The van der Waals surface area contributed by atoms with Gasteiger partial charge < -0.3 is 20.8 Å². The number of hydrogen-bond acceptors (Lipinski definition) is 5. The first-order chi connectivity index (χ1) is 7.35. The average molecular weight is 219 g/mol. The Morgan fingerprint density at radius 1 is 0.933 bits per heavy atom. The topological polar surface area (TPSA) is 67.8 Å². The molecule has 1 aliphatic rings. The van der Waals surface area contributed by atoms with Crippen molar-refractivity contribution in [2.45, 2.75) is 6.92 Å². The SMILES string of the molecule is C1CNCCN1.CCN(CCO)CCO. The summed E-state index contributed by atoms with van der Waals surface area (Å²) < 4.78 is 0. The minimum absolute atomic E-state index is 0.174. The third-order valence-electron chi connectivity index (χ3n) is 2.24. The lowest BCUT2D eigenvalue weighted by molar-refractivity contribution is 0.166. The molecule has 0 aromatic heterocycles. The van der Waals surface area contributed by atoms with Gasteiger partial charge in [-0.3, -0.25) is 4.90 Å². The van der Waals surface area contributed by atoms with Gasteiger partial charge in [0.25, 0.3) is 0 Å². The summed E-state index contributed by atoms with van der Waals surface area (Å²) in [5.41, 5.74) is 0. The van der Waals surface area contributed by atoms with Crippen molar-refractivity contribution in [2.24, 2.45) is 0 Å². The van der Waals surface area contributed by atoms with Gasteiger partial charge in [-0.2, -0.15) is 0 Å². The number of likely N-dealkylation sites (N-methyl/N-ethyl adjacent to an activating group) is 1. The summed E-state index contributed by atoms with van der Waals surface area (Å²) in [6.45, 7) is 9.13. The molecular formula is C10H25N3O2. The van der Waals surface area contributed by atoms with Crippen LogP contribution in [0.4, 0.5) is 0 Å². The molecule has 1 heterocycles. The van der Waals surface area contributed by atoms with Gasteiger partial charge in [0.1, 0.15) is 0 Å².